The smallest absolute Gasteiger partial charge is 0.242 e. The van der Waals surface area contributed by atoms with Gasteiger partial charge in [0, 0.05) is 20.2 Å². The van der Waals surface area contributed by atoms with Crippen molar-refractivity contribution in [1.29, 1.82) is 0 Å². The lowest BCUT2D eigenvalue weighted by atomic mass is 10.3. The standard InChI is InChI=1S/C10H19N3O4/c1-16-7-8(11)10(15)12-6-9(14)13-2-4-17-5-3-13/h8H,2-7,11H2,1H3,(H,12,15). The molecule has 0 spiro atoms. The topological polar surface area (TPSA) is 93.9 Å². The number of carbonyl (C=O) groups excluding carboxylic acids is 2. The van der Waals surface area contributed by atoms with Crippen LogP contribution in [0, 0.1) is 0 Å². The molecule has 1 heterocycles. The molecule has 1 aliphatic rings. The van der Waals surface area contributed by atoms with E-state index in [9.17, 15) is 9.59 Å². The van der Waals surface area contributed by atoms with Crippen LogP contribution < -0.4 is 11.1 Å². The van der Waals surface area contributed by atoms with E-state index in [0.29, 0.717) is 26.3 Å². The summed E-state index contributed by atoms with van der Waals surface area (Å²) in [6.45, 7) is 2.33. The fraction of sp³-hybridized carbons (Fsp3) is 0.800. The van der Waals surface area contributed by atoms with Crippen LogP contribution in [0.2, 0.25) is 0 Å². The summed E-state index contributed by atoms with van der Waals surface area (Å²) >= 11 is 0. The van der Waals surface area contributed by atoms with Gasteiger partial charge in [-0.2, -0.15) is 0 Å². The minimum atomic E-state index is -0.738. The van der Waals surface area contributed by atoms with Crippen LogP contribution in [0.3, 0.4) is 0 Å². The Balaban J connectivity index is 2.24. The Morgan fingerprint density at radius 3 is 2.71 bits per heavy atom. The SMILES string of the molecule is COCC(N)C(=O)NCC(=O)N1CCOCC1. The predicted octanol–water partition coefficient (Wildman–Crippen LogP) is -2.06. The van der Waals surface area contributed by atoms with Gasteiger partial charge >= 0.3 is 0 Å². The highest BCUT2D eigenvalue weighted by molar-refractivity contribution is 5.87. The first-order valence-corrected chi connectivity index (χ1v) is 5.53. The van der Waals surface area contributed by atoms with Crippen molar-refractivity contribution in [2.45, 2.75) is 6.04 Å². The van der Waals surface area contributed by atoms with Gasteiger partial charge in [-0.3, -0.25) is 9.59 Å². The summed E-state index contributed by atoms with van der Waals surface area (Å²) in [7, 11) is 1.46. The lowest BCUT2D eigenvalue weighted by Crippen LogP contribution is -2.49. The molecule has 17 heavy (non-hydrogen) atoms. The molecule has 1 fully saturated rings. The highest BCUT2D eigenvalue weighted by atomic mass is 16.5. The van der Waals surface area contributed by atoms with E-state index >= 15 is 0 Å². The summed E-state index contributed by atoms with van der Waals surface area (Å²) in [4.78, 5) is 24.7. The van der Waals surface area contributed by atoms with Crippen molar-refractivity contribution >= 4 is 11.8 Å². The van der Waals surface area contributed by atoms with Crippen molar-refractivity contribution in [3.63, 3.8) is 0 Å². The van der Waals surface area contributed by atoms with Crippen LogP contribution in [0.15, 0.2) is 0 Å². The van der Waals surface area contributed by atoms with Gasteiger partial charge in [0.25, 0.3) is 0 Å². The van der Waals surface area contributed by atoms with Crippen LogP contribution in [0.4, 0.5) is 0 Å². The lowest BCUT2D eigenvalue weighted by Gasteiger charge is -2.27. The summed E-state index contributed by atoms with van der Waals surface area (Å²) in [6, 6.07) is -0.738. The molecule has 1 atom stereocenters. The number of ether oxygens (including phenoxy) is 2. The van der Waals surface area contributed by atoms with Gasteiger partial charge in [-0.05, 0) is 0 Å². The lowest BCUT2D eigenvalue weighted by molar-refractivity contribution is -0.136. The van der Waals surface area contributed by atoms with E-state index in [-0.39, 0.29) is 25.0 Å². The van der Waals surface area contributed by atoms with Crippen molar-refractivity contribution < 1.29 is 19.1 Å². The average Bonchev–Trinajstić information content (AvgIpc) is 2.36. The molecule has 0 aromatic heterocycles. The molecule has 2 amide bonds. The zero-order chi connectivity index (χ0) is 12.7. The maximum atomic E-state index is 11.7. The van der Waals surface area contributed by atoms with Crippen LogP contribution in [0.5, 0.6) is 0 Å². The average molecular weight is 245 g/mol. The summed E-state index contributed by atoms with van der Waals surface area (Å²) in [5.74, 6) is -0.500. The van der Waals surface area contributed by atoms with Gasteiger partial charge in [0.1, 0.15) is 6.04 Å². The number of morpholine rings is 1. The second kappa shape index (κ2) is 7.21. The molecule has 7 nitrogen and oxygen atoms in total. The molecule has 0 saturated carbocycles. The Hall–Kier alpha value is -1.18. The number of hydrogen-bond acceptors (Lipinski definition) is 5. The Morgan fingerprint density at radius 1 is 1.47 bits per heavy atom. The first-order valence-electron chi connectivity index (χ1n) is 5.53. The largest absolute Gasteiger partial charge is 0.383 e. The van der Waals surface area contributed by atoms with E-state index < -0.39 is 6.04 Å². The fourth-order valence-electron chi connectivity index (χ4n) is 1.47. The summed E-state index contributed by atoms with van der Waals surface area (Å²) in [5.41, 5.74) is 5.51. The molecular weight excluding hydrogens is 226 g/mol. The highest BCUT2D eigenvalue weighted by Crippen LogP contribution is 1.96. The van der Waals surface area contributed by atoms with Crippen LogP contribution in [-0.2, 0) is 19.1 Å². The monoisotopic (exact) mass is 245 g/mol. The van der Waals surface area contributed by atoms with Crippen LogP contribution >= 0.6 is 0 Å². The third-order valence-electron chi connectivity index (χ3n) is 2.46. The third kappa shape index (κ3) is 4.68. The molecule has 1 aliphatic heterocycles. The maximum Gasteiger partial charge on any atom is 0.242 e. The van der Waals surface area contributed by atoms with Crippen molar-refractivity contribution in [3.8, 4) is 0 Å². The Kier molecular flexibility index (Phi) is 5.88. The zero-order valence-corrected chi connectivity index (χ0v) is 9.98. The number of nitrogens with zero attached hydrogens (tertiary/aromatic N) is 1. The third-order valence-corrected chi connectivity index (χ3v) is 2.46. The van der Waals surface area contributed by atoms with E-state index in [0.717, 1.165) is 0 Å². The first kappa shape index (κ1) is 13.9. The Bertz CT molecular complexity index is 266. The minimum absolute atomic E-state index is 0.0315. The number of hydrogen-bond donors (Lipinski definition) is 2. The number of rotatable bonds is 5. The van der Waals surface area contributed by atoms with E-state index in [4.69, 9.17) is 15.2 Å². The van der Waals surface area contributed by atoms with Gasteiger partial charge in [-0.15, -0.1) is 0 Å². The molecule has 1 rings (SSSR count). The van der Waals surface area contributed by atoms with Crippen LogP contribution in [0.25, 0.3) is 0 Å². The minimum Gasteiger partial charge on any atom is -0.383 e. The molecular formula is C10H19N3O4. The van der Waals surface area contributed by atoms with Crippen molar-refractivity contribution in [2.24, 2.45) is 5.73 Å². The molecule has 3 N–H and O–H groups in total. The molecule has 0 radical (unpaired) electrons. The normalized spacial score (nSPS) is 17.6. The number of nitrogens with one attached hydrogen (secondary N) is 1. The van der Waals surface area contributed by atoms with Crippen LogP contribution in [-0.4, -0.2) is 69.3 Å². The van der Waals surface area contributed by atoms with Gasteiger partial charge in [-0.1, -0.05) is 0 Å². The van der Waals surface area contributed by atoms with Crippen molar-refractivity contribution in [3.05, 3.63) is 0 Å². The highest BCUT2D eigenvalue weighted by Gasteiger charge is 2.19. The van der Waals surface area contributed by atoms with Gasteiger partial charge in [0.15, 0.2) is 0 Å². The summed E-state index contributed by atoms with van der Waals surface area (Å²) in [5, 5.41) is 2.49. The van der Waals surface area contributed by atoms with Gasteiger partial charge in [-0.25, -0.2) is 0 Å². The van der Waals surface area contributed by atoms with Gasteiger partial charge < -0.3 is 25.4 Å². The number of amides is 2. The molecule has 0 aromatic carbocycles. The summed E-state index contributed by atoms with van der Waals surface area (Å²) < 4.78 is 9.88. The fourth-order valence-corrected chi connectivity index (χ4v) is 1.47. The zero-order valence-electron chi connectivity index (χ0n) is 9.98. The van der Waals surface area contributed by atoms with Gasteiger partial charge in [0.2, 0.25) is 11.8 Å². The second-order valence-electron chi connectivity index (χ2n) is 3.77. The number of nitrogens with two attached hydrogens (primary N) is 1. The molecule has 1 saturated heterocycles. The first-order chi connectivity index (χ1) is 8.15. The number of methoxy groups -OCH3 is 1. The van der Waals surface area contributed by atoms with Crippen molar-refractivity contribution in [1.82, 2.24) is 10.2 Å². The van der Waals surface area contributed by atoms with Crippen LogP contribution in [0.1, 0.15) is 0 Å². The molecule has 7 heteroatoms. The number of carbonyl (C=O) groups is 2. The molecule has 0 bridgehead atoms. The van der Waals surface area contributed by atoms with E-state index in [2.05, 4.69) is 5.32 Å². The van der Waals surface area contributed by atoms with Gasteiger partial charge in [0.05, 0.1) is 26.4 Å². The molecule has 0 aliphatic carbocycles. The van der Waals surface area contributed by atoms with E-state index in [1.54, 1.807) is 4.90 Å². The van der Waals surface area contributed by atoms with E-state index in [1.807, 2.05) is 0 Å². The molecule has 1 unspecified atom stereocenters. The Labute approximate surface area is 100 Å². The second-order valence-corrected chi connectivity index (χ2v) is 3.77. The Morgan fingerprint density at radius 2 is 2.12 bits per heavy atom. The quantitative estimate of drug-likeness (QED) is 0.580. The molecule has 0 aromatic rings. The summed E-state index contributed by atoms with van der Waals surface area (Å²) in [6.07, 6.45) is 0. The van der Waals surface area contributed by atoms with E-state index in [1.165, 1.54) is 7.11 Å². The van der Waals surface area contributed by atoms with Crippen molar-refractivity contribution in [2.75, 3.05) is 46.6 Å². The predicted molar refractivity (Wildman–Crippen MR) is 60.3 cm³/mol. The maximum absolute atomic E-state index is 11.7. The molecule has 98 valence electrons.